The molecule has 0 spiro atoms. The highest BCUT2D eigenvalue weighted by atomic mass is 16.6. The van der Waals surface area contributed by atoms with Crippen LogP contribution in [0.2, 0.25) is 0 Å². The van der Waals surface area contributed by atoms with E-state index in [9.17, 15) is 14.4 Å². The van der Waals surface area contributed by atoms with Gasteiger partial charge in [-0.3, -0.25) is 14.4 Å². The normalized spacial score (nSPS) is 12.7. The molecule has 0 radical (unpaired) electrons. The zero-order valence-electron chi connectivity index (χ0n) is 52.1. The number of unbranched alkanes of at least 4 members (excludes halogenated alkanes) is 34. The topological polar surface area (TPSA) is 78.9 Å². The second-order valence-electron chi connectivity index (χ2n) is 22.4. The van der Waals surface area contributed by atoms with Crippen molar-refractivity contribution in [2.75, 3.05) is 13.2 Å². The number of carbonyl (C=O) groups excluding carboxylic acids is 3. The summed E-state index contributed by atoms with van der Waals surface area (Å²) in [5.74, 6) is -0.905. The summed E-state index contributed by atoms with van der Waals surface area (Å²) in [7, 11) is 0. The van der Waals surface area contributed by atoms with Gasteiger partial charge in [0.05, 0.1) is 0 Å². The Bertz CT molecular complexity index is 1540. The van der Waals surface area contributed by atoms with Gasteiger partial charge in [0.15, 0.2) is 6.10 Å². The zero-order chi connectivity index (χ0) is 57.1. The van der Waals surface area contributed by atoms with Gasteiger partial charge in [0.1, 0.15) is 13.2 Å². The fraction of sp³-hybridized carbons (Fsp3) is 0.740. The number of rotatable bonds is 61. The van der Waals surface area contributed by atoms with E-state index in [-0.39, 0.29) is 31.1 Å². The lowest BCUT2D eigenvalue weighted by Gasteiger charge is -2.18. The molecule has 1 atom stereocenters. The third-order valence-corrected chi connectivity index (χ3v) is 14.6. The lowest BCUT2D eigenvalue weighted by atomic mass is 10.0. The first-order valence-corrected chi connectivity index (χ1v) is 33.7. The van der Waals surface area contributed by atoms with E-state index in [0.29, 0.717) is 19.3 Å². The molecule has 0 rings (SSSR count). The van der Waals surface area contributed by atoms with Crippen LogP contribution < -0.4 is 0 Å². The Morgan fingerprint density at radius 2 is 0.494 bits per heavy atom. The van der Waals surface area contributed by atoms with E-state index in [4.69, 9.17) is 14.2 Å². The van der Waals surface area contributed by atoms with E-state index < -0.39 is 6.10 Å². The van der Waals surface area contributed by atoms with Gasteiger partial charge in [-0.25, -0.2) is 0 Å². The Labute approximate surface area is 489 Å². The van der Waals surface area contributed by atoms with Gasteiger partial charge < -0.3 is 14.2 Å². The number of hydrogen-bond donors (Lipinski definition) is 0. The number of carbonyl (C=O) groups is 3. The smallest absolute Gasteiger partial charge is 0.306 e. The first kappa shape index (κ1) is 75.3. The highest BCUT2D eigenvalue weighted by molar-refractivity contribution is 5.71. The average Bonchev–Trinajstić information content (AvgIpc) is 3.45. The van der Waals surface area contributed by atoms with Crippen LogP contribution in [0.5, 0.6) is 0 Å². The van der Waals surface area contributed by atoms with E-state index in [2.05, 4.69) is 118 Å². The van der Waals surface area contributed by atoms with E-state index in [1.54, 1.807) is 0 Å². The molecular formula is C73H126O6. The lowest BCUT2D eigenvalue weighted by Crippen LogP contribution is -2.30. The standard InChI is InChI=1S/C73H126O6/c1-4-7-10-13-16-19-22-25-28-31-34-36-39-42-45-48-51-54-57-60-63-66-72(75)78-69-70(68-77-71(74)65-62-59-56-53-50-47-44-41-38-33-30-27-24-21-18-15-12-9-6-3)79-73(76)67-64-61-58-55-52-49-46-43-40-37-35-32-29-26-23-20-17-14-11-8-5-2/h7,10,16,19,23,25-26,28,32,34-36,40,42-43,45,70H,4-6,8-9,11-15,17-18,20-22,24,27,29-31,33,37-39,41,44,46-69H2,1-3H3/b10-7-,19-16-,26-23-,28-25-,35-32-,36-34-,43-40-,45-42-. The first-order chi connectivity index (χ1) is 39.0. The largest absolute Gasteiger partial charge is 0.462 e. The number of allylic oxidation sites excluding steroid dienone is 16. The van der Waals surface area contributed by atoms with Crippen molar-refractivity contribution < 1.29 is 28.6 Å². The van der Waals surface area contributed by atoms with Crippen LogP contribution in [0.4, 0.5) is 0 Å². The van der Waals surface area contributed by atoms with E-state index in [1.165, 1.54) is 154 Å². The summed E-state index contributed by atoms with van der Waals surface area (Å²) in [6.45, 7) is 6.53. The fourth-order valence-electron chi connectivity index (χ4n) is 9.54. The van der Waals surface area contributed by atoms with Crippen molar-refractivity contribution in [3.8, 4) is 0 Å². The van der Waals surface area contributed by atoms with E-state index in [1.807, 2.05) is 0 Å². The van der Waals surface area contributed by atoms with Crippen LogP contribution in [-0.4, -0.2) is 37.2 Å². The number of hydrogen-bond acceptors (Lipinski definition) is 6. The molecule has 0 saturated carbocycles. The molecule has 0 aromatic rings. The Morgan fingerprint density at radius 3 is 0.772 bits per heavy atom. The molecule has 0 aliphatic heterocycles. The molecule has 0 aromatic carbocycles. The average molecular weight is 1100 g/mol. The summed E-state index contributed by atoms with van der Waals surface area (Å²) >= 11 is 0. The van der Waals surface area contributed by atoms with E-state index in [0.717, 1.165) is 135 Å². The molecular weight excluding hydrogens is 973 g/mol. The fourth-order valence-corrected chi connectivity index (χ4v) is 9.54. The molecule has 6 heteroatoms. The van der Waals surface area contributed by atoms with Crippen LogP contribution in [0.25, 0.3) is 0 Å². The third kappa shape index (κ3) is 65.0. The Kier molecular flexibility index (Phi) is 63.7. The van der Waals surface area contributed by atoms with Crippen molar-refractivity contribution in [2.24, 2.45) is 0 Å². The molecule has 1 unspecified atom stereocenters. The predicted molar refractivity (Wildman–Crippen MR) is 344 cm³/mol. The highest BCUT2D eigenvalue weighted by Crippen LogP contribution is 2.17. The van der Waals surface area contributed by atoms with Crippen molar-refractivity contribution in [3.63, 3.8) is 0 Å². The molecule has 0 fully saturated rings. The minimum Gasteiger partial charge on any atom is -0.462 e. The van der Waals surface area contributed by atoms with Crippen LogP contribution in [0, 0.1) is 0 Å². The van der Waals surface area contributed by atoms with Crippen LogP contribution in [-0.2, 0) is 28.6 Å². The molecule has 0 heterocycles. The SMILES string of the molecule is CC/C=C\C/C=C\C/C=C\C/C=C\C/C=C\CCCCCCCC(=O)OCC(COC(=O)CCCCCCCCCCCCCCCCCCCCC)OC(=O)CCCCCCCC/C=C\C/C=C\C/C=C\CCCCCCC. The maximum atomic E-state index is 12.9. The monoisotopic (exact) mass is 1100 g/mol. The van der Waals surface area contributed by atoms with E-state index >= 15 is 0 Å². The van der Waals surface area contributed by atoms with Crippen molar-refractivity contribution >= 4 is 17.9 Å². The van der Waals surface area contributed by atoms with Crippen LogP contribution in [0.15, 0.2) is 97.2 Å². The van der Waals surface area contributed by atoms with Crippen LogP contribution in [0.3, 0.4) is 0 Å². The van der Waals surface area contributed by atoms with Crippen molar-refractivity contribution in [3.05, 3.63) is 97.2 Å². The second-order valence-corrected chi connectivity index (χ2v) is 22.4. The summed E-state index contributed by atoms with van der Waals surface area (Å²) in [6, 6.07) is 0. The summed E-state index contributed by atoms with van der Waals surface area (Å²) in [4.78, 5) is 38.4. The van der Waals surface area contributed by atoms with Gasteiger partial charge in [-0.05, 0) is 103 Å². The van der Waals surface area contributed by atoms with Crippen molar-refractivity contribution in [2.45, 2.75) is 335 Å². The van der Waals surface area contributed by atoms with Gasteiger partial charge in [-0.1, -0.05) is 304 Å². The Hall–Kier alpha value is -3.67. The molecule has 454 valence electrons. The summed E-state index contributed by atoms with van der Waals surface area (Å²) < 4.78 is 17.0. The van der Waals surface area contributed by atoms with Crippen LogP contribution >= 0.6 is 0 Å². The second kappa shape index (κ2) is 66.8. The maximum Gasteiger partial charge on any atom is 0.306 e. The molecule has 0 bridgehead atoms. The van der Waals surface area contributed by atoms with Gasteiger partial charge >= 0.3 is 17.9 Å². The highest BCUT2D eigenvalue weighted by Gasteiger charge is 2.19. The summed E-state index contributed by atoms with van der Waals surface area (Å²) in [5.41, 5.74) is 0. The Morgan fingerprint density at radius 1 is 0.266 bits per heavy atom. The minimum atomic E-state index is -0.795. The van der Waals surface area contributed by atoms with Gasteiger partial charge in [0.2, 0.25) is 0 Å². The maximum absolute atomic E-state index is 12.9. The lowest BCUT2D eigenvalue weighted by molar-refractivity contribution is -0.167. The Balaban J connectivity index is 4.44. The zero-order valence-corrected chi connectivity index (χ0v) is 52.1. The molecule has 0 amide bonds. The van der Waals surface area contributed by atoms with Gasteiger partial charge in [0, 0.05) is 19.3 Å². The molecule has 0 aliphatic carbocycles. The number of ether oxygens (including phenoxy) is 3. The van der Waals surface area contributed by atoms with Crippen molar-refractivity contribution in [1.29, 1.82) is 0 Å². The third-order valence-electron chi connectivity index (χ3n) is 14.6. The molecule has 79 heavy (non-hydrogen) atoms. The quantitative estimate of drug-likeness (QED) is 0.0261. The summed E-state index contributed by atoms with van der Waals surface area (Å²) in [6.07, 6.45) is 89.8. The molecule has 0 aliphatic rings. The summed E-state index contributed by atoms with van der Waals surface area (Å²) in [5, 5.41) is 0. The van der Waals surface area contributed by atoms with Gasteiger partial charge in [0.25, 0.3) is 0 Å². The van der Waals surface area contributed by atoms with Gasteiger partial charge in [-0.15, -0.1) is 0 Å². The van der Waals surface area contributed by atoms with Crippen molar-refractivity contribution in [1.82, 2.24) is 0 Å². The minimum absolute atomic E-state index is 0.0871. The molecule has 0 saturated heterocycles. The molecule has 0 N–H and O–H groups in total. The molecule has 0 aromatic heterocycles. The first-order valence-electron chi connectivity index (χ1n) is 33.7. The molecule has 6 nitrogen and oxygen atoms in total. The predicted octanol–water partition coefficient (Wildman–Crippen LogP) is 23.2. The number of esters is 3. The van der Waals surface area contributed by atoms with Crippen LogP contribution in [0.1, 0.15) is 329 Å². The van der Waals surface area contributed by atoms with Gasteiger partial charge in [-0.2, -0.15) is 0 Å².